The fraction of sp³-hybridized carbons (Fsp3) is 0.615. The van der Waals surface area contributed by atoms with Gasteiger partial charge in [-0.25, -0.2) is 0 Å². The lowest BCUT2D eigenvalue weighted by Gasteiger charge is -2.34. The average molecular weight is 256 g/mol. The predicted molar refractivity (Wildman–Crippen MR) is 73.6 cm³/mol. The highest BCUT2D eigenvalue weighted by molar-refractivity contribution is 6.28. The van der Waals surface area contributed by atoms with Crippen LogP contribution in [0.5, 0.6) is 0 Å². The molecule has 1 aliphatic rings. The standard InChI is InChI=1S/C10H16N2.C3H6ClN/c1-3-4-10(9-11)5-7-12(2)8-6-10;1-3(4)5-2/h3H,1,4-8H2,2H3;5H,1H2,2H3. The van der Waals surface area contributed by atoms with Crippen LogP contribution >= 0.6 is 11.6 Å². The topological polar surface area (TPSA) is 39.1 Å². The third kappa shape index (κ3) is 6.35. The highest BCUT2D eigenvalue weighted by Crippen LogP contribution is 2.33. The molecule has 1 fully saturated rings. The maximum atomic E-state index is 9.04. The predicted octanol–water partition coefficient (Wildman–Crippen LogP) is 2.71. The lowest BCUT2D eigenvalue weighted by molar-refractivity contribution is 0.173. The Bertz CT molecular complexity index is 286. The Morgan fingerprint density at radius 2 is 2.06 bits per heavy atom. The van der Waals surface area contributed by atoms with E-state index in [-0.39, 0.29) is 5.41 Å². The van der Waals surface area contributed by atoms with Gasteiger partial charge in [-0.05, 0) is 39.4 Å². The molecule has 0 spiro atoms. The van der Waals surface area contributed by atoms with Crippen molar-refractivity contribution in [2.45, 2.75) is 19.3 Å². The molecule has 17 heavy (non-hydrogen) atoms. The number of rotatable bonds is 3. The summed E-state index contributed by atoms with van der Waals surface area (Å²) in [7, 11) is 3.82. The van der Waals surface area contributed by atoms with Gasteiger partial charge in [0.05, 0.1) is 16.6 Å². The summed E-state index contributed by atoms with van der Waals surface area (Å²) in [6, 6.07) is 2.44. The van der Waals surface area contributed by atoms with Gasteiger partial charge in [0.25, 0.3) is 0 Å². The molecule has 96 valence electrons. The van der Waals surface area contributed by atoms with Crippen LogP contribution in [0.25, 0.3) is 0 Å². The molecule has 1 rings (SSSR count). The van der Waals surface area contributed by atoms with Crippen molar-refractivity contribution in [3.05, 3.63) is 24.4 Å². The first-order valence-electron chi connectivity index (χ1n) is 5.72. The van der Waals surface area contributed by atoms with Crippen LogP contribution < -0.4 is 5.32 Å². The van der Waals surface area contributed by atoms with E-state index in [4.69, 9.17) is 16.9 Å². The Morgan fingerprint density at radius 1 is 1.59 bits per heavy atom. The molecule has 0 aromatic rings. The molecule has 0 aliphatic carbocycles. The second-order valence-corrected chi connectivity index (χ2v) is 4.80. The molecule has 0 atom stereocenters. The number of nitrogens with zero attached hydrogens (tertiary/aromatic N) is 2. The highest BCUT2D eigenvalue weighted by atomic mass is 35.5. The third-order valence-corrected chi connectivity index (χ3v) is 3.18. The number of piperidine rings is 1. The summed E-state index contributed by atoms with van der Waals surface area (Å²) in [5, 5.41) is 12.1. The normalized spacial score (nSPS) is 18.2. The van der Waals surface area contributed by atoms with Crippen molar-refractivity contribution in [2.24, 2.45) is 5.41 Å². The molecule has 4 heteroatoms. The second-order valence-electron chi connectivity index (χ2n) is 4.34. The first-order valence-corrected chi connectivity index (χ1v) is 6.10. The van der Waals surface area contributed by atoms with Gasteiger partial charge in [-0.2, -0.15) is 5.26 Å². The molecule has 3 nitrogen and oxygen atoms in total. The van der Waals surface area contributed by atoms with Crippen LogP contribution in [-0.2, 0) is 0 Å². The summed E-state index contributed by atoms with van der Waals surface area (Å²) in [5.41, 5.74) is -0.103. The van der Waals surface area contributed by atoms with Gasteiger partial charge in [0.15, 0.2) is 0 Å². The number of hydrogen-bond acceptors (Lipinski definition) is 3. The lowest BCUT2D eigenvalue weighted by atomic mass is 9.77. The summed E-state index contributed by atoms with van der Waals surface area (Å²) in [6.45, 7) is 9.12. The van der Waals surface area contributed by atoms with Crippen LogP contribution in [-0.4, -0.2) is 32.1 Å². The molecule has 1 N–H and O–H groups in total. The minimum Gasteiger partial charge on any atom is -0.379 e. The maximum absolute atomic E-state index is 9.04. The van der Waals surface area contributed by atoms with Crippen molar-refractivity contribution in [1.82, 2.24) is 10.2 Å². The van der Waals surface area contributed by atoms with Gasteiger partial charge in [-0.1, -0.05) is 24.3 Å². The molecule has 0 amide bonds. The number of allylic oxidation sites excluding steroid dienone is 1. The van der Waals surface area contributed by atoms with Gasteiger partial charge in [0.1, 0.15) is 0 Å². The Hall–Kier alpha value is -0.980. The van der Waals surface area contributed by atoms with Crippen LogP contribution in [0.15, 0.2) is 24.4 Å². The Balaban J connectivity index is 0.000000437. The van der Waals surface area contributed by atoms with Crippen LogP contribution in [0.3, 0.4) is 0 Å². The van der Waals surface area contributed by atoms with Crippen molar-refractivity contribution >= 4 is 11.6 Å². The zero-order valence-electron chi connectivity index (χ0n) is 10.8. The van der Waals surface area contributed by atoms with E-state index in [0.717, 1.165) is 32.4 Å². The molecule has 0 bridgehead atoms. The Morgan fingerprint density at radius 3 is 2.35 bits per heavy atom. The van der Waals surface area contributed by atoms with Gasteiger partial charge in [-0.3, -0.25) is 0 Å². The summed E-state index contributed by atoms with van der Waals surface area (Å²) in [5.74, 6) is 0. The third-order valence-electron chi connectivity index (χ3n) is 2.99. The average Bonchev–Trinajstić information content (AvgIpc) is 2.33. The summed E-state index contributed by atoms with van der Waals surface area (Å²) in [4.78, 5) is 2.28. The molecular weight excluding hydrogens is 234 g/mol. The minimum absolute atomic E-state index is 0.103. The van der Waals surface area contributed by atoms with E-state index in [9.17, 15) is 0 Å². The summed E-state index contributed by atoms with van der Waals surface area (Å²) >= 11 is 5.16. The molecule has 0 aromatic carbocycles. The van der Waals surface area contributed by atoms with E-state index < -0.39 is 0 Å². The minimum atomic E-state index is -0.103. The number of halogens is 1. The highest BCUT2D eigenvalue weighted by Gasteiger charge is 2.32. The Kier molecular flexibility index (Phi) is 7.69. The largest absolute Gasteiger partial charge is 0.379 e. The number of nitriles is 1. The van der Waals surface area contributed by atoms with Gasteiger partial charge in [0, 0.05) is 7.05 Å². The monoisotopic (exact) mass is 255 g/mol. The molecule has 0 radical (unpaired) electrons. The molecule has 0 aromatic heterocycles. The zero-order valence-corrected chi connectivity index (χ0v) is 11.6. The molecular formula is C13H22ClN3. The molecule has 0 unspecified atom stereocenters. The van der Waals surface area contributed by atoms with Crippen LogP contribution in [0.2, 0.25) is 0 Å². The van der Waals surface area contributed by atoms with Crippen LogP contribution in [0, 0.1) is 16.7 Å². The molecule has 1 aliphatic heterocycles. The zero-order chi connectivity index (χ0) is 13.3. The smallest absolute Gasteiger partial charge is 0.0942 e. The summed E-state index contributed by atoms with van der Waals surface area (Å²) < 4.78 is 0. The van der Waals surface area contributed by atoms with Crippen molar-refractivity contribution < 1.29 is 0 Å². The van der Waals surface area contributed by atoms with Gasteiger partial charge < -0.3 is 10.2 Å². The first-order chi connectivity index (χ1) is 7.99. The number of likely N-dealkylation sites (tertiary alicyclic amines) is 1. The first kappa shape index (κ1) is 16.0. The SMILES string of the molecule is C=C(Cl)NC.C=CCC1(C#N)CCN(C)CC1. The van der Waals surface area contributed by atoms with E-state index >= 15 is 0 Å². The number of hydrogen-bond donors (Lipinski definition) is 1. The molecule has 1 saturated heterocycles. The van der Waals surface area contributed by atoms with Gasteiger partial charge in [0.2, 0.25) is 0 Å². The summed E-state index contributed by atoms with van der Waals surface area (Å²) in [6.07, 6.45) is 4.70. The van der Waals surface area contributed by atoms with Crippen molar-refractivity contribution in [1.29, 1.82) is 5.26 Å². The fourth-order valence-corrected chi connectivity index (χ4v) is 1.68. The van der Waals surface area contributed by atoms with Gasteiger partial charge in [-0.15, -0.1) is 6.58 Å². The fourth-order valence-electron chi connectivity index (χ4n) is 1.68. The van der Waals surface area contributed by atoms with E-state index in [0.29, 0.717) is 5.16 Å². The molecule has 0 saturated carbocycles. The lowest BCUT2D eigenvalue weighted by Crippen LogP contribution is -2.36. The van der Waals surface area contributed by atoms with Crippen LogP contribution in [0.1, 0.15) is 19.3 Å². The number of nitrogens with one attached hydrogen (secondary N) is 1. The quantitative estimate of drug-likeness (QED) is 0.623. The van der Waals surface area contributed by atoms with Crippen molar-refractivity contribution in [3.8, 4) is 6.07 Å². The van der Waals surface area contributed by atoms with E-state index in [1.165, 1.54) is 0 Å². The van der Waals surface area contributed by atoms with Crippen molar-refractivity contribution in [3.63, 3.8) is 0 Å². The van der Waals surface area contributed by atoms with E-state index in [1.807, 2.05) is 6.08 Å². The van der Waals surface area contributed by atoms with E-state index in [1.54, 1.807) is 7.05 Å². The Labute approximate surface area is 110 Å². The van der Waals surface area contributed by atoms with Crippen LogP contribution in [0.4, 0.5) is 0 Å². The van der Waals surface area contributed by atoms with E-state index in [2.05, 4.69) is 36.5 Å². The molecule has 1 heterocycles. The van der Waals surface area contributed by atoms with Gasteiger partial charge >= 0.3 is 0 Å². The maximum Gasteiger partial charge on any atom is 0.0942 e. The van der Waals surface area contributed by atoms with Crippen molar-refractivity contribution in [2.75, 3.05) is 27.2 Å². The second kappa shape index (κ2) is 8.16.